The normalized spacial score (nSPS) is 13.4. The summed E-state index contributed by atoms with van der Waals surface area (Å²) in [6, 6.07) is 20.3. The summed E-state index contributed by atoms with van der Waals surface area (Å²) in [6.45, 7) is 10.4. The van der Waals surface area contributed by atoms with E-state index in [0.29, 0.717) is 13.2 Å². The van der Waals surface area contributed by atoms with E-state index >= 15 is 0 Å². The topological polar surface area (TPSA) is 44.8 Å². The lowest BCUT2D eigenvalue weighted by molar-refractivity contribution is 0.220. The number of hydrogen-bond acceptors (Lipinski definition) is 4. The molecule has 0 aliphatic rings. The van der Waals surface area contributed by atoms with Crippen molar-refractivity contribution in [3.05, 3.63) is 72.6 Å². The lowest BCUT2D eigenvalue weighted by atomic mass is 10.2. The summed E-state index contributed by atoms with van der Waals surface area (Å²) in [6.07, 6.45) is 1.83. The quantitative estimate of drug-likeness (QED) is 0.274. The number of hydrogen-bond donors (Lipinski definition) is 0. The van der Waals surface area contributed by atoms with Crippen molar-refractivity contribution in [2.45, 2.75) is 46.1 Å². The smallest absolute Gasteiger partial charge is 0.330 e. The number of rotatable bonds is 12. The van der Waals surface area contributed by atoms with Crippen LogP contribution >= 0.6 is 7.60 Å². The van der Waals surface area contributed by atoms with Gasteiger partial charge in [-0.15, -0.1) is 0 Å². The lowest BCUT2D eigenvalue weighted by Gasteiger charge is -2.42. The molecule has 0 saturated carbocycles. The van der Waals surface area contributed by atoms with Gasteiger partial charge >= 0.3 is 7.60 Å². The van der Waals surface area contributed by atoms with Crippen LogP contribution in [-0.4, -0.2) is 34.3 Å². The summed E-state index contributed by atoms with van der Waals surface area (Å²) >= 11 is 0. The van der Waals surface area contributed by atoms with Crippen molar-refractivity contribution in [1.82, 2.24) is 0 Å². The van der Waals surface area contributed by atoms with Crippen LogP contribution in [0.3, 0.4) is 0 Å². The van der Waals surface area contributed by atoms with Gasteiger partial charge in [-0.2, -0.15) is 0 Å². The molecule has 2 rings (SSSR count). The maximum Gasteiger partial charge on any atom is 0.330 e. The molecule has 2 aromatic rings. The molecule has 0 N–H and O–H groups in total. The number of allylic oxidation sites excluding steroid dienone is 1. The largest absolute Gasteiger partial charge is 0.401 e. The fourth-order valence-electron chi connectivity index (χ4n) is 3.94. The van der Waals surface area contributed by atoms with E-state index in [1.54, 1.807) is 13.8 Å². The molecule has 0 aliphatic carbocycles. The third kappa shape index (κ3) is 6.72. The van der Waals surface area contributed by atoms with Gasteiger partial charge in [-0.25, -0.2) is 4.39 Å². The minimum atomic E-state index is -3.19. The van der Waals surface area contributed by atoms with Crippen LogP contribution < -0.4 is 10.4 Å². The summed E-state index contributed by atoms with van der Waals surface area (Å²) in [4.78, 5) is 0. The highest BCUT2D eigenvalue weighted by Gasteiger charge is 2.50. The Balaban J connectivity index is 2.28. The van der Waals surface area contributed by atoms with Gasteiger partial charge in [0.1, 0.15) is 5.83 Å². The van der Waals surface area contributed by atoms with Gasteiger partial charge in [0, 0.05) is 0 Å². The standard InChI is InChI=1S/C25H36FO4PSi/c1-6-28-31(27,29-7-2)20-14-15-22(26)21-30-32(25(3,4)5,23-16-10-8-11-17-23)24-18-12-9-13-19-24/h8-13,15-19H,6-7,14,20-21H2,1-5H3. The van der Waals surface area contributed by atoms with Gasteiger partial charge in [-0.1, -0.05) is 81.4 Å². The average Bonchev–Trinajstić information content (AvgIpc) is 2.75. The van der Waals surface area contributed by atoms with E-state index in [1.165, 1.54) is 6.08 Å². The van der Waals surface area contributed by atoms with E-state index in [0.717, 1.165) is 10.4 Å². The molecular formula is C25H36FO4PSi. The van der Waals surface area contributed by atoms with Crippen LogP contribution in [-0.2, 0) is 18.0 Å². The average molecular weight is 479 g/mol. The van der Waals surface area contributed by atoms with Gasteiger partial charge in [0.15, 0.2) is 0 Å². The highest BCUT2D eigenvalue weighted by molar-refractivity contribution is 7.53. The molecular weight excluding hydrogens is 442 g/mol. The first kappa shape index (κ1) is 26.7. The molecule has 0 unspecified atom stereocenters. The number of halogens is 1. The predicted octanol–water partition coefficient (Wildman–Crippen LogP) is 6.07. The predicted molar refractivity (Wildman–Crippen MR) is 133 cm³/mol. The maximum absolute atomic E-state index is 14.9. The number of benzene rings is 2. The highest BCUT2D eigenvalue weighted by atomic mass is 31.2. The first-order chi connectivity index (χ1) is 15.2. The minimum absolute atomic E-state index is 0.138. The van der Waals surface area contributed by atoms with Gasteiger partial charge in [0.05, 0.1) is 26.0 Å². The molecule has 0 aromatic heterocycles. The van der Waals surface area contributed by atoms with Crippen LogP contribution in [0.4, 0.5) is 4.39 Å². The van der Waals surface area contributed by atoms with Crippen LogP contribution in [0.25, 0.3) is 0 Å². The Morgan fingerprint density at radius 1 is 0.938 bits per heavy atom. The molecule has 176 valence electrons. The summed E-state index contributed by atoms with van der Waals surface area (Å²) in [5.74, 6) is -0.377. The van der Waals surface area contributed by atoms with Crippen molar-refractivity contribution in [2.24, 2.45) is 0 Å². The molecule has 0 bridgehead atoms. The fourth-order valence-corrected chi connectivity index (χ4v) is 10.0. The van der Waals surface area contributed by atoms with Gasteiger partial charge in [0.25, 0.3) is 8.32 Å². The Morgan fingerprint density at radius 2 is 1.41 bits per heavy atom. The summed E-state index contributed by atoms with van der Waals surface area (Å²) < 4.78 is 44.6. The zero-order valence-electron chi connectivity index (χ0n) is 19.8. The molecule has 0 heterocycles. The first-order valence-corrected chi connectivity index (χ1v) is 14.8. The van der Waals surface area contributed by atoms with Gasteiger partial charge in [0.2, 0.25) is 0 Å². The second kappa shape index (κ2) is 12.1. The second-order valence-corrected chi connectivity index (χ2v) is 15.1. The van der Waals surface area contributed by atoms with E-state index < -0.39 is 15.9 Å². The van der Waals surface area contributed by atoms with Crippen molar-refractivity contribution >= 4 is 26.3 Å². The molecule has 0 atom stereocenters. The SMILES string of the molecule is CCOP(=O)(CCC=C(F)CO[Si](c1ccccc1)(c1ccccc1)C(C)(C)C)OCC. The van der Waals surface area contributed by atoms with Crippen LogP contribution in [0, 0.1) is 0 Å². The van der Waals surface area contributed by atoms with Crippen molar-refractivity contribution in [3.63, 3.8) is 0 Å². The summed E-state index contributed by atoms with van der Waals surface area (Å²) in [5, 5.41) is 1.97. The molecule has 7 heteroatoms. The molecule has 0 spiro atoms. The van der Waals surface area contributed by atoms with Crippen molar-refractivity contribution < 1.29 is 22.4 Å². The Hall–Kier alpha value is -1.56. The molecule has 0 fully saturated rings. The minimum Gasteiger partial charge on any atom is -0.401 e. The zero-order chi connectivity index (χ0) is 23.7. The third-order valence-electron chi connectivity index (χ3n) is 5.26. The zero-order valence-corrected chi connectivity index (χ0v) is 21.7. The van der Waals surface area contributed by atoms with Crippen LogP contribution in [0.1, 0.15) is 41.0 Å². The molecule has 0 saturated heterocycles. The molecule has 0 aliphatic heterocycles. The van der Waals surface area contributed by atoms with Crippen LogP contribution in [0.15, 0.2) is 72.6 Å². The molecule has 0 radical (unpaired) electrons. The van der Waals surface area contributed by atoms with E-state index in [-0.39, 0.29) is 30.1 Å². The van der Waals surface area contributed by atoms with E-state index in [2.05, 4.69) is 45.0 Å². The molecule has 32 heavy (non-hydrogen) atoms. The van der Waals surface area contributed by atoms with Gasteiger partial charge in [-0.3, -0.25) is 4.57 Å². The molecule has 0 amide bonds. The highest BCUT2D eigenvalue weighted by Crippen LogP contribution is 2.48. The first-order valence-electron chi connectivity index (χ1n) is 11.2. The Morgan fingerprint density at radius 3 is 1.81 bits per heavy atom. The van der Waals surface area contributed by atoms with Gasteiger partial charge in [-0.05, 0) is 41.8 Å². The van der Waals surface area contributed by atoms with Crippen molar-refractivity contribution in [3.8, 4) is 0 Å². The third-order valence-corrected chi connectivity index (χ3v) is 12.4. The monoisotopic (exact) mass is 478 g/mol. The van der Waals surface area contributed by atoms with Crippen molar-refractivity contribution in [1.29, 1.82) is 0 Å². The Bertz CT molecular complexity index is 848. The van der Waals surface area contributed by atoms with Crippen LogP contribution in [0.5, 0.6) is 0 Å². The Kier molecular flexibility index (Phi) is 10.1. The summed E-state index contributed by atoms with van der Waals surface area (Å²) in [7, 11) is -5.99. The lowest BCUT2D eigenvalue weighted by Crippen LogP contribution is -2.66. The van der Waals surface area contributed by atoms with E-state index in [4.69, 9.17) is 13.5 Å². The van der Waals surface area contributed by atoms with Gasteiger partial charge < -0.3 is 13.5 Å². The maximum atomic E-state index is 14.9. The summed E-state index contributed by atoms with van der Waals surface area (Å²) in [5.41, 5.74) is 0. The fraction of sp³-hybridized carbons (Fsp3) is 0.440. The van der Waals surface area contributed by atoms with E-state index in [9.17, 15) is 8.96 Å². The van der Waals surface area contributed by atoms with Crippen LogP contribution in [0.2, 0.25) is 5.04 Å². The Labute approximate surface area is 193 Å². The van der Waals surface area contributed by atoms with E-state index in [1.807, 2.05) is 36.4 Å². The van der Waals surface area contributed by atoms with Crippen molar-refractivity contribution in [2.75, 3.05) is 26.0 Å². The molecule has 4 nitrogen and oxygen atoms in total. The molecule has 2 aromatic carbocycles. The second-order valence-electron chi connectivity index (χ2n) is 8.56.